The maximum absolute atomic E-state index is 12.2. The Bertz CT molecular complexity index is 616. The van der Waals surface area contributed by atoms with Crippen molar-refractivity contribution in [3.8, 4) is 11.5 Å². The lowest BCUT2D eigenvalue weighted by atomic mass is 10.1. The van der Waals surface area contributed by atoms with Crippen molar-refractivity contribution in [3.63, 3.8) is 0 Å². The van der Waals surface area contributed by atoms with E-state index in [0.717, 1.165) is 5.56 Å². The molecule has 1 unspecified atom stereocenters. The molecule has 0 aliphatic rings. The third-order valence-corrected chi connectivity index (χ3v) is 3.42. The van der Waals surface area contributed by atoms with Crippen molar-refractivity contribution < 1.29 is 14.3 Å². The number of carbonyl (C=O) groups excluding carboxylic acids is 1. The van der Waals surface area contributed by atoms with E-state index in [0.29, 0.717) is 17.2 Å². The van der Waals surface area contributed by atoms with E-state index in [9.17, 15) is 4.79 Å². The Morgan fingerprint density at radius 2 is 1.71 bits per heavy atom. The Morgan fingerprint density at radius 3 is 2.33 bits per heavy atom. The normalized spacial score (nSPS) is 11.6. The highest BCUT2D eigenvalue weighted by Crippen LogP contribution is 2.30. The predicted octanol–water partition coefficient (Wildman–Crippen LogP) is 3.62. The molecule has 0 radical (unpaired) electrons. The molecule has 2 rings (SSSR count). The third-order valence-electron chi connectivity index (χ3n) is 2.97. The number of nitrogens with one attached hydrogen (secondary N) is 1. The molecule has 0 aliphatic carbocycles. The first-order valence-electron chi connectivity index (χ1n) is 6.37. The summed E-state index contributed by atoms with van der Waals surface area (Å²) in [5.74, 6) is 0.845. The van der Waals surface area contributed by atoms with Crippen LogP contribution in [0.2, 0.25) is 0 Å². The molecule has 1 atom stereocenters. The highest BCUT2D eigenvalue weighted by atomic mass is 35.5. The summed E-state index contributed by atoms with van der Waals surface area (Å²) in [6, 6.07) is 14.3. The smallest absolute Gasteiger partial charge is 0.246 e. The van der Waals surface area contributed by atoms with E-state index >= 15 is 0 Å². The first-order valence-corrected chi connectivity index (χ1v) is 6.81. The number of halogens is 1. The monoisotopic (exact) mass is 305 g/mol. The topological polar surface area (TPSA) is 47.6 Å². The van der Waals surface area contributed by atoms with Crippen molar-refractivity contribution >= 4 is 23.2 Å². The van der Waals surface area contributed by atoms with Gasteiger partial charge in [-0.1, -0.05) is 30.3 Å². The van der Waals surface area contributed by atoms with Crippen LogP contribution in [0.15, 0.2) is 48.5 Å². The minimum Gasteiger partial charge on any atom is -0.493 e. The quantitative estimate of drug-likeness (QED) is 0.858. The van der Waals surface area contributed by atoms with Crippen molar-refractivity contribution in [1.29, 1.82) is 0 Å². The molecule has 2 aromatic rings. The molecule has 0 saturated heterocycles. The predicted molar refractivity (Wildman–Crippen MR) is 83.2 cm³/mol. The number of amides is 1. The van der Waals surface area contributed by atoms with Gasteiger partial charge in [0.15, 0.2) is 11.5 Å². The number of benzene rings is 2. The molecule has 2 aromatic carbocycles. The second-order valence-corrected chi connectivity index (χ2v) is 4.77. The Hall–Kier alpha value is -2.20. The summed E-state index contributed by atoms with van der Waals surface area (Å²) in [6.45, 7) is 0. The third kappa shape index (κ3) is 3.67. The van der Waals surface area contributed by atoms with Crippen LogP contribution >= 0.6 is 11.6 Å². The highest BCUT2D eigenvalue weighted by molar-refractivity contribution is 6.32. The summed E-state index contributed by atoms with van der Waals surface area (Å²) in [4.78, 5) is 12.2. The molecule has 0 saturated carbocycles. The van der Waals surface area contributed by atoms with E-state index in [1.807, 2.05) is 30.3 Å². The molecule has 4 nitrogen and oxygen atoms in total. The summed E-state index contributed by atoms with van der Waals surface area (Å²) >= 11 is 6.17. The van der Waals surface area contributed by atoms with Gasteiger partial charge >= 0.3 is 0 Å². The molecule has 21 heavy (non-hydrogen) atoms. The Labute approximate surface area is 128 Å². The van der Waals surface area contributed by atoms with Crippen LogP contribution in [0.1, 0.15) is 10.9 Å². The van der Waals surface area contributed by atoms with Gasteiger partial charge in [0, 0.05) is 11.8 Å². The number of alkyl halides is 1. The molecule has 0 heterocycles. The Balaban J connectivity index is 2.12. The molecule has 0 fully saturated rings. The van der Waals surface area contributed by atoms with Crippen LogP contribution in [0.5, 0.6) is 11.5 Å². The first-order chi connectivity index (χ1) is 10.2. The lowest BCUT2D eigenvalue weighted by Gasteiger charge is -2.13. The number of hydrogen-bond donors (Lipinski definition) is 1. The average molecular weight is 306 g/mol. The van der Waals surface area contributed by atoms with E-state index < -0.39 is 5.38 Å². The number of carbonyl (C=O) groups is 1. The van der Waals surface area contributed by atoms with Gasteiger partial charge in [0.25, 0.3) is 0 Å². The molecule has 1 N–H and O–H groups in total. The van der Waals surface area contributed by atoms with E-state index in [2.05, 4.69) is 5.32 Å². The van der Waals surface area contributed by atoms with E-state index in [1.54, 1.807) is 25.3 Å². The molecule has 0 aliphatic heterocycles. The summed E-state index contributed by atoms with van der Waals surface area (Å²) < 4.78 is 10.3. The fraction of sp³-hybridized carbons (Fsp3) is 0.188. The number of hydrogen-bond acceptors (Lipinski definition) is 3. The Kier molecular flexibility index (Phi) is 5.06. The van der Waals surface area contributed by atoms with Crippen LogP contribution in [0, 0.1) is 0 Å². The van der Waals surface area contributed by atoms with Gasteiger partial charge in [-0.2, -0.15) is 0 Å². The van der Waals surface area contributed by atoms with Crippen molar-refractivity contribution in [1.82, 2.24) is 0 Å². The summed E-state index contributed by atoms with van der Waals surface area (Å²) in [7, 11) is 3.10. The van der Waals surface area contributed by atoms with Crippen LogP contribution in [-0.2, 0) is 4.79 Å². The van der Waals surface area contributed by atoms with Crippen molar-refractivity contribution in [2.45, 2.75) is 5.38 Å². The van der Waals surface area contributed by atoms with Gasteiger partial charge in [0.1, 0.15) is 5.38 Å². The molecule has 0 spiro atoms. The molecule has 1 amide bonds. The summed E-state index contributed by atoms with van der Waals surface area (Å²) in [5.41, 5.74) is 1.34. The lowest BCUT2D eigenvalue weighted by Crippen LogP contribution is -2.17. The standard InChI is InChI=1S/C16H16ClNO3/c1-20-13-9-8-12(10-14(13)21-2)18-16(19)15(17)11-6-4-3-5-7-11/h3-10,15H,1-2H3,(H,18,19). The summed E-state index contributed by atoms with van der Waals surface area (Å²) in [6.07, 6.45) is 0. The fourth-order valence-electron chi connectivity index (χ4n) is 1.89. The molecule has 110 valence electrons. The van der Waals surface area contributed by atoms with Gasteiger partial charge in [-0.15, -0.1) is 11.6 Å². The maximum Gasteiger partial charge on any atom is 0.246 e. The molecular formula is C16H16ClNO3. The SMILES string of the molecule is COc1ccc(NC(=O)C(Cl)c2ccccc2)cc1OC. The minimum atomic E-state index is -0.751. The van der Waals surface area contributed by atoms with E-state index in [1.165, 1.54) is 7.11 Å². The zero-order valence-electron chi connectivity index (χ0n) is 11.8. The summed E-state index contributed by atoms with van der Waals surface area (Å²) in [5, 5.41) is 2.01. The second kappa shape index (κ2) is 6.99. The van der Waals surface area contributed by atoms with Gasteiger partial charge < -0.3 is 14.8 Å². The van der Waals surface area contributed by atoms with Crippen LogP contribution in [0.25, 0.3) is 0 Å². The number of anilines is 1. The number of methoxy groups -OCH3 is 2. The van der Waals surface area contributed by atoms with Crippen molar-refractivity contribution in [3.05, 3.63) is 54.1 Å². The van der Waals surface area contributed by atoms with Crippen LogP contribution in [0.3, 0.4) is 0 Å². The van der Waals surface area contributed by atoms with Crippen molar-refractivity contribution in [2.24, 2.45) is 0 Å². The number of rotatable bonds is 5. The van der Waals surface area contributed by atoms with Crippen LogP contribution < -0.4 is 14.8 Å². The largest absolute Gasteiger partial charge is 0.493 e. The average Bonchev–Trinajstić information content (AvgIpc) is 2.54. The molecular weight excluding hydrogens is 290 g/mol. The Morgan fingerprint density at radius 1 is 1.05 bits per heavy atom. The van der Waals surface area contributed by atoms with Gasteiger partial charge in [-0.05, 0) is 17.7 Å². The first kappa shape index (κ1) is 15.2. The van der Waals surface area contributed by atoms with Gasteiger partial charge in [-0.3, -0.25) is 4.79 Å². The van der Waals surface area contributed by atoms with E-state index in [4.69, 9.17) is 21.1 Å². The highest BCUT2D eigenvalue weighted by Gasteiger charge is 2.18. The van der Waals surface area contributed by atoms with E-state index in [-0.39, 0.29) is 5.91 Å². The van der Waals surface area contributed by atoms with Crippen molar-refractivity contribution in [2.75, 3.05) is 19.5 Å². The van der Waals surface area contributed by atoms with Crippen LogP contribution in [-0.4, -0.2) is 20.1 Å². The second-order valence-electron chi connectivity index (χ2n) is 4.33. The zero-order valence-corrected chi connectivity index (χ0v) is 12.6. The van der Waals surface area contributed by atoms with Gasteiger partial charge in [0.2, 0.25) is 5.91 Å². The van der Waals surface area contributed by atoms with Gasteiger partial charge in [0.05, 0.1) is 14.2 Å². The molecule has 5 heteroatoms. The zero-order chi connectivity index (χ0) is 15.2. The molecule has 0 aromatic heterocycles. The lowest BCUT2D eigenvalue weighted by molar-refractivity contribution is -0.116. The fourth-order valence-corrected chi connectivity index (χ4v) is 2.09. The van der Waals surface area contributed by atoms with Crippen LogP contribution in [0.4, 0.5) is 5.69 Å². The minimum absolute atomic E-state index is 0.296. The number of ether oxygens (including phenoxy) is 2. The molecule has 0 bridgehead atoms. The van der Waals surface area contributed by atoms with Gasteiger partial charge in [-0.25, -0.2) is 0 Å². The maximum atomic E-state index is 12.2.